The number of fused-ring (bicyclic) bond motifs is 2. The Morgan fingerprint density at radius 3 is 2.56 bits per heavy atom. The minimum absolute atomic E-state index is 0.0129. The fraction of sp³-hybridized carbons (Fsp3) is 0.500. The van der Waals surface area contributed by atoms with E-state index in [1.807, 2.05) is 13.0 Å². The monoisotopic (exact) mass is 445 g/mol. The lowest BCUT2D eigenvalue weighted by molar-refractivity contribution is -0.152. The van der Waals surface area contributed by atoms with E-state index in [0.29, 0.717) is 35.5 Å². The molecular formula is C24H31NO7. The average Bonchev–Trinajstić information content (AvgIpc) is 3.05. The number of rotatable bonds is 4. The molecule has 1 aromatic rings. The summed E-state index contributed by atoms with van der Waals surface area (Å²) < 4.78 is 27.9. The van der Waals surface area contributed by atoms with Crippen LogP contribution in [0.15, 0.2) is 30.4 Å². The maximum Gasteiger partial charge on any atom is 0.255 e. The molecule has 8 nitrogen and oxygen atoms in total. The van der Waals surface area contributed by atoms with Crippen molar-refractivity contribution >= 4 is 17.8 Å². The fourth-order valence-corrected chi connectivity index (χ4v) is 3.76. The highest BCUT2D eigenvalue weighted by Crippen LogP contribution is 2.33. The molecule has 1 aromatic carbocycles. The lowest BCUT2D eigenvalue weighted by atomic mass is 10.0. The molecule has 0 bridgehead atoms. The van der Waals surface area contributed by atoms with Crippen LogP contribution in [0.3, 0.4) is 0 Å². The Morgan fingerprint density at radius 1 is 1.09 bits per heavy atom. The second kappa shape index (κ2) is 10.3. The number of benzene rings is 1. The van der Waals surface area contributed by atoms with E-state index in [0.717, 1.165) is 0 Å². The van der Waals surface area contributed by atoms with Gasteiger partial charge in [0.2, 0.25) is 0 Å². The van der Waals surface area contributed by atoms with E-state index in [2.05, 4.69) is 5.32 Å². The number of carbonyl (C=O) groups is 2. The summed E-state index contributed by atoms with van der Waals surface area (Å²) in [5.74, 6) is -0.399. The van der Waals surface area contributed by atoms with E-state index in [1.54, 1.807) is 45.2 Å². The van der Waals surface area contributed by atoms with Gasteiger partial charge in [0.25, 0.3) is 5.91 Å². The lowest BCUT2D eigenvalue weighted by Gasteiger charge is -2.18. The maximum atomic E-state index is 13.2. The van der Waals surface area contributed by atoms with Gasteiger partial charge in [0, 0.05) is 19.2 Å². The van der Waals surface area contributed by atoms with Crippen molar-refractivity contribution in [3.8, 4) is 11.5 Å². The summed E-state index contributed by atoms with van der Waals surface area (Å²) in [7, 11) is 3.06. The van der Waals surface area contributed by atoms with Gasteiger partial charge in [-0.25, -0.2) is 0 Å². The average molecular weight is 446 g/mol. The zero-order valence-electron chi connectivity index (χ0n) is 19.2. The van der Waals surface area contributed by atoms with Crippen LogP contribution in [0.4, 0.5) is 0 Å². The molecule has 0 unspecified atom stereocenters. The summed E-state index contributed by atoms with van der Waals surface area (Å²) in [6, 6.07) is 3.21. The Kier molecular flexibility index (Phi) is 7.71. The zero-order valence-corrected chi connectivity index (χ0v) is 19.2. The Balaban J connectivity index is 2.03. The van der Waals surface area contributed by atoms with Gasteiger partial charge in [-0.2, -0.15) is 0 Å². The normalized spacial score (nSPS) is 26.5. The predicted molar refractivity (Wildman–Crippen MR) is 119 cm³/mol. The molecule has 1 amide bonds. The second-order valence-electron chi connectivity index (χ2n) is 8.29. The van der Waals surface area contributed by atoms with Crippen LogP contribution in [0.1, 0.15) is 49.5 Å². The summed E-state index contributed by atoms with van der Waals surface area (Å²) in [6.45, 7) is 5.44. The van der Waals surface area contributed by atoms with Crippen molar-refractivity contribution in [2.24, 2.45) is 0 Å². The molecule has 1 fully saturated rings. The minimum atomic E-state index is -0.853. The number of carbonyl (C=O) groups excluding carboxylic acids is 2. The molecule has 8 heteroatoms. The minimum Gasteiger partial charge on any atom is -0.497 e. The number of amides is 1. The number of nitrogens with one attached hydrogen (secondary N) is 1. The van der Waals surface area contributed by atoms with Gasteiger partial charge in [-0.3, -0.25) is 9.59 Å². The highest BCUT2D eigenvalue weighted by Gasteiger charge is 2.43. The maximum absolute atomic E-state index is 13.2. The van der Waals surface area contributed by atoms with Crippen molar-refractivity contribution in [1.29, 1.82) is 0 Å². The van der Waals surface area contributed by atoms with Crippen LogP contribution in [0.5, 0.6) is 11.5 Å². The first-order valence-corrected chi connectivity index (χ1v) is 10.6. The Labute approximate surface area is 188 Å². The standard InChI is InChI=1S/C24H31NO7/c1-15-8-6-10-18(26)22-19(31-24(2,3)32-22)11-7-9-16-12-17(29-5)13-20(30-14-28-4)21(16)23(27)25-15/h6-7,9-10,12-13,15,19,22H,8,11,14H2,1-5H3,(H,25,27)/b9-7?,10-6-/t15-,19-,22+/m0/s1. The third kappa shape index (κ3) is 5.76. The van der Waals surface area contributed by atoms with Gasteiger partial charge >= 0.3 is 0 Å². The third-order valence-corrected chi connectivity index (χ3v) is 5.18. The first kappa shape index (κ1) is 24.0. The molecule has 3 atom stereocenters. The summed E-state index contributed by atoms with van der Waals surface area (Å²) in [5.41, 5.74) is 0.998. The molecule has 0 saturated carbocycles. The molecule has 0 spiro atoms. The Morgan fingerprint density at radius 2 is 1.84 bits per heavy atom. The quantitative estimate of drug-likeness (QED) is 0.711. The highest BCUT2D eigenvalue weighted by molar-refractivity contribution is 6.01. The molecule has 32 heavy (non-hydrogen) atoms. The van der Waals surface area contributed by atoms with Gasteiger partial charge in [0.05, 0.1) is 18.8 Å². The van der Waals surface area contributed by atoms with E-state index in [9.17, 15) is 9.59 Å². The van der Waals surface area contributed by atoms with Crippen molar-refractivity contribution in [1.82, 2.24) is 5.32 Å². The van der Waals surface area contributed by atoms with Crippen LogP contribution in [-0.2, 0) is 19.0 Å². The molecular weight excluding hydrogens is 414 g/mol. The molecule has 2 aliphatic rings. The van der Waals surface area contributed by atoms with Gasteiger partial charge in [0.1, 0.15) is 17.6 Å². The summed E-state index contributed by atoms with van der Waals surface area (Å²) in [6.07, 6.45) is 6.70. The van der Waals surface area contributed by atoms with E-state index in [1.165, 1.54) is 13.2 Å². The van der Waals surface area contributed by atoms with E-state index >= 15 is 0 Å². The van der Waals surface area contributed by atoms with Crippen LogP contribution in [0.25, 0.3) is 6.08 Å². The summed E-state index contributed by atoms with van der Waals surface area (Å²) in [4.78, 5) is 25.9. The highest BCUT2D eigenvalue weighted by atomic mass is 16.8. The van der Waals surface area contributed by atoms with Crippen molar-refractivity contribution in [2.75, 3.05) is 21.0 Å². The zero-order chi connectivity index (χ0) is 23.3. The second-order valence-corrected chi connectivity index (χ2v) is 8.29. The summed E-state index contributed by atoms with van der Waals surface area (Å²) >= 11 is 0. The number of ketones is 1. The number of methoxy groups -OCH3 is 2. The number of ether oxygens (including phenoxy) is 5. The van der Waals surface area contributed by atoms with Crippen molar-refractivity contribution in [2.45, 2.75) is 57.6 Å². The molecule has 1 saturated heterocycles. The van der Waals surface area contributed by atoms with Crippen LogP contribution in [0, 0.1) is 0 Å². The number of hydrogen-bond donors (Lipinski definition) is 1. The van der Waals surface area contributed by atoms with Gasteiger partial charge < -0.3 is 29.0 Å². The van der Waals surface area contributed by atoms with Gasteiger partial charge in [-0.05, 0) is 51.3 Å². The third-order valence-electron chi connectivity index (χ3n) is 5.18. The molecule has 1 N–H and O–H groups in total. The topological polar surface area (TPSA) is 92.3 Å². The van der Waals surface area contributed by atoms with Crippen LogP contribution >= 0.6 is 0 Å². The van der Waals surface area contributed by atoms with E-state index in [-0.39, 0.29) is 24.5 Å². The largest absolute Gasteiger partial charge is 0.497 e. The predicted octanol–water partition coefficient (Wildman–Crippen LogP) is 3.25. The molecule has 0 aromatic heterocycles. The first-order chi connectivity index (χ1) is 15.2. The lowest BCUT2D eigenvalue weighted by Crippen LogP contribution is -2.33. The van der Waals surface area contributed by atoms with Crippen molar-refractivity contribution in [3.63, 3.8) is 0 Å². The molecule has 3 rings (SSSR count). The Bertz CT molecular complexity index is 906. The number of hydrogen-bond acceptors (Lipinski definition) is 7. The van der Waals surface area contributed by atoms with Gasteiger partial charge in [-0.15, -0.1) is 0 Å². The molecule has 174 valence electrons. The van der Waals surface area contributed by atoms with Crippen LogP contribution in [-0.4, -0.2) is 56.7 Å². The first-order valence-electron chi connectivity index (χ1n) is 10.6. The van der Waals surface area contributed by atoms with Crippen molar-refractivity contribution < 1.29 is 33.3 Å². The Hall–Kier alpha value is -2.68. The van der Waals surface area contributed by atoms with Gasteiger partial charge in [-0.1, -0.05) is 18.2 Å². The molecule has 2 aliphatic heterocycles. The SMILES string of the molecule is COCOc1cc(OC)cc2c1C(=O)N[C@@H](C)C/C=C\C(=O)[C@H]1OC(C)(C)O[C@H]1CC=C2. The van der Waals surface area contributed by atoms with E-state index in [4.69, 9.17) is 23.7 Å². The van der Waals surface area contributed by atoms with E-state index < -0.39 is 18.0 Å². The van der Waals surface area contributed by atoms with Gasteiger partial charge in [0.15, 0.2) is 18.4 Å². The molecule has 0 radical (unpaired) electrons. The van der Waals surface area contributed by atoms with Crippen LogP contribution < -0.4 is 14.8 Å². The molecule has 0 aliphatic carbocycles. The fourth-order valence-electron chi connectivity index (χ4n) is 3.76. The van der Waals surface area contributed by atoms with Crippen molar-refractivity contribution in [3.05, 3.63) is 41.5 Å². The summed E-state index contributed by atoms with van der Waals surface area (Å²) in [5, 5.41) is 2.97. The molecule has 2 heterocycles. The smallest absolute Gasteiger partial charge is 0.255 e. The van der Waals surface area contributed by atoms with Crippen LogP contribution in [0.2, 0.25) is 0 Å².